The van der Waals surface area contributed by atoms with Gasteiger partial charge in [-0.25, -0.2) is 9.97 Å². The number of ether oxygens (including phenoxy) is 1. The predicted molar refractivity (Wildman–Crippen MR) is 111 cm³/mol. The third kappa shape index (κ3) is 4.78. The summed E-state index contributed by atoms with van der Waals surface area (Å²) in [5.74, 6) is 0.604. The zero-order chi connectivity index (χ0) is 20.1. The predicted octanol–water partition coefficient (Wildman–Crippen LogP) is 4.62. The number of halogens is 1. The minimum absolute atomic E-state index is 0.270. The Labute approximate surface area is 168 Å². The zero-order valence-electron chi connectivity index (χ0n) is 15.9. The Kier molecular flexibility index (Phi) is 6.11. The van der Waals surface area contributed by atoms with Gasteiger partial charge in [0, 0.05) is 17.9 Å². The van der Waals surface area contributed by atoms with Gasteiger partial charge in [0.25, 0.3) is 5.91 Å². The molecule has 1 heterocycles. The molecule has 0 radical (unpaired) electrons. The van der Waals surface area contributed by atoms with Crippen LogP contribution in [0.5, 0.6) is 5.75 Å². The third-order valence-electron chi connectivity index (χ3n) is 4.19. The molecule has 0 aliphatic heterocycles. The van der Waals surface area contributed by atoms with Gasteiger partial charge in [-0.3, -0.25) is 4.79 Å². The van der Waals surface area contributed by atoms with Crippen LogP contribution in [0.25, 0.3) is 0 Å². The maximum Gasteiger partial charge on any atom is 0.274 e. The lowest BCUT2D eigenvalue weighted by Crippen LogP contribution is -2.16. The molecule has 0 saturated carbocycles. The lowest BCUT2D eigenvalue weighted by Gasteiger charge is -2.11. The Morgan fingerprint density at radius 3 is 2.61 bits per heavy atom. The van der Waals surface area contributed by atoms with Crippen molar-refractivity contribution in [3.8, 4) is 5.75 Å². The summed E-state index contributed by atoms with van der Waals surface area (Å²) < 4.78 is 5.12. The van der Waals surface area contributed by atoms with E-state index in [0.717, 1.165) is 5.56 Å². The van der Waals surface area contributed by atoms with Gasteiger partial charge in [0.1, 0.15) is 11.4 Å². The van der Waals surface area contributed by atoms with E-state index in [9.17, 15) is 4.79 Å². The molecule has 0 spiro atoms. The molecule has 2 aromatic carbocycles. The second-order valence-corrected chi connectivity index (χ2v) is 6.71. The molecule has 6 nitrogen and oxygen atoms in total. The number of aryl methyl sites for hydroxylation is 2. The first-order chi connectivity index (χ1) is 13.5. The van der Waals surface area contributed by atoms with Crippen LogP contribution < -0.4 is 15.4 Å². The fourth-order valence-electron chi connectivity index (χ4n) is 2.69. The topological polar surface area (TPSA) is 76.1 Å². The second kappa shape index (κ2) is 8.71. The van der Waals surface area contributed by atoms with E-state index in [-0.39, 0.29) is 11.6 Å². The standard InChI is InChI=1S/C21H21ClN4O2/c1-13-6-4-5-7-15(13)12-23-21-24-14(2)10-18(26-21)20(27)25-16-8-9-19(28-3)17(22)11-16/h4-11H,12H2,1-3H3,(H,25,27)(H,23,24,26). The molecule has 0 unspecified atom stereocenters. The number of aromatic nitrogens is 2. The van der Waals surface area contributed by atoms with Crippen molar-refractivity contribution < 1.29 is 9.53 Å². The van der Waals surface area contributed by atoms with Crippen molar-refractivity contribution in [1.82, 2.24) is 9.97 Å². The SMILES string of the molecule is COc1ccc(NC(=O)c2cc(C)nc(NCc3ccccc3C)n2)cc1Cl. The van der Waals surface area contributed by atoms with Gasteiger partial charge in [0.15, 0.2) is 0 Å². The molecule has 1 aromatic heterocycles. The molecule has 144 valence electrons. The van der Waals surface area contributed by atoms with Crippen molar-refractivity contribution in [1.29, 1.82) is 0 Å². The van der Waals surface area contributed by atoms with E-state index in [0.29, 0.717) is 34.6 Å². The van der Waals surface area contributed by atoms with E-state index < -0.39 is 0 Å². The molecule has 28 heavy (non-hydrogen) atoms. The summed E-state index contributed by atoms with van der Waals surface area (Å²) in [5.41, 5.74) is 3.84. The van der Waals surface area contributed by atoms with Crippen LogP contribution in [0.15, 0.2) is 48.5 Å². The van der Waals surface area contributed by atoms with Crippen molar-refractivity contribution in [2.24, 2.45) is 0 Å². The number of nitrogens with zero attached hydrogens (tertiary/aromatic N) is 2. The van der Waals surface area contributed by atoms with Gasteiger partial charge in [0.2, 0.25) is 5.95 Å². The molecule has 0 saturated heterocycles. The molecule has 0 bridgehead atoms. The monoisotopic (exact) mass is 396 g/mol. The Morgan fingerprint density at radius 1 is 1.11 bits per heavy atom. The lowest BCUT2D eigenvalue weighted by molar-refractivity contribution is 0.102. The fraction of sp³-hybridized carbons (Fsp3) is 0.190. The van der Waals surface area contributed by atoms with Gasteiger partial charge in [-0.1, -0.05) is 35.9 Å². The van der Waals surface area contributed by atoms with E-state index in [4.69, 9.17) is 16.3 Å². The molecule has 0 aliphatic carbocycles. The van der Waals surface area contributed by atoms with E-state index in [1.54, 1.807) is 24.3 Å². The van der Waals surface area contributed by atoms with Crippen LogP contribution >= 0.6 is 11.6 Å². The van der Waals surface area contributed by atoms with Crippen LogP contribution in [0.2, 0.25) is 5.02 Å². The minimum Gasteiger partial charge on any atom is -0.495 e. The van der Waals surface area contributed by atoms with Gasteiger partial charge >= 0.3 is 0 Å². The quantitative estimate of drug-likeness (QED) is 0.635. The molecule has 0 atom stereocenters. The highest BCUT2D eigenvalue weighted by Crippen LogP contribution is 2.27. The summed E-state index contributed by atoms with van der Waals surface area (Å²) in [6, 6.07) is 14.7. The molecule has 7 heteroatoms. The number of anilines is 2. The highest BCUT2D eigenvalue weighted by atomic mass is 35.5. The number of carbonyl (C=O) groups is 1. The van der Waals surface area contributed by atoms with E-state index in [1.165, 1.54) is 12.7 Å². The van der Waals surface area contributed by atoms with Crippen molar-refractivity contribution in [2.45, 2.75) is 20.4 Å². The smallest absolute Gasteiger partial charge is 0.274 e. The summed E-state index contributed by atoms with van der Waals surface area (Å²) in [6.07, 6.45) is 0. The summed E-state index contributed by atoms with van der Waals surface area (Å²) in [7, 11) is 1.54. The van der Waals surface area contributed by atoms with Crippen LogP contribution in [0.1, 0.15) is 27.3 Å². The Balaban J connectivity index is 1.74. The molecular formula is C21H21ClN4O2. The maximum absolute atomic E-state index is 12.6. The van der Waals surface area contributed by atoms with Gasteiger partial charge < -0.3 is 15.4 Å². The van der Waals surface area contributed by atoms with E-state index >= 15 is 0 Å². The van der Waals surface area contributed by atoms with Crippen molar-refractivity contribution in [3.05, 3.63) is 76.1 Å². The van der Waals surface area contributed by atoms with Gasteiger partial charge in [0.05, 0.1) is 12.1 Å². The molecular weight excluding hydrogens is 376 g/mol. The van der Waals surface area contributed by atoms with Gasteiger partial charge in [-0.15, -0.1) is 0 Å². The maximum atomic E-state index is 12.6. The molecule has 3 aromatic rings. The third-order valence-corrected chi connectivity index (χ3v) is 4.49. The van der Waals surface area contributed by atoms with Crippen molar-refractivity contribution >= 4 is 29.1 Å². The first kappa shape index (κ1) is 19.6. The van der Waals surface area contributed by atoms with Crippen LogP contribution in [0.4, 0.5) is 11.6 Å². The number of nitrogens with one attached hydrogen (secondary N) is 2. The van der Waals surface area contributed by atoms with Crippen LogP contribution in [0.3, 0.4) is 0 Å². The van der Waals surface area contributed by atoms with Crippen molar-refractivity contribution in [2.75, 3.05) is 17.7 Å². The van der Waals surface area contributed by atoms with Crippen molar-refractivity contribution in [3.63, 3.8) is 0 Å². The highest BCUT2D eigenvalue weighted by molar-refractivity contribution is 6.32. The molecule has 2 N–H and O–H groups in total. The summed E-state index contributed by atoms with van der Waals surface area (Å²) >= 11 is 6.11. The number of hydrogen-bond acceptors (Lipinski definition) is 5. The number of hydrogen-bond donors (Lipinski definition) is 2. The summed E-state index contributed by atoms with van der Waals surface area (Å²) in [5, 5.41) is 6.39. The number of benzene rings is 2. The van der Waals surface area contributed by atoms with E-state index in [1.807, 2.05) is 38.1 Å². The highest BCUT2D eigenvalue weighted by Gasteiger charge is 2.12. The minimum atomic E-state index is -0.342. The number of rotatable bonds is 6. The average molecular weight is 397 g/mol. The Morgan fingerprint density at radius 2 is 1.89 bits per heavy atom. The summed E-state index contributed by atoms with van der Waals surface area (Å²) in [4.78, 5) is 21.3. The first-order valence-electron chi connectivity index (χ1n) is 8.75. The molecule has 1 amide bonds. The largest absolute Gasteiger partial charge is 0.495 e. The van der Waals surface area contributed by atoms with Crippen LogP contribution in [-0.4, -0.2) is 23.0 Å². The Bertz CT molecular complexity index is 1010. The summed E-state index contributed by atoms with van der Waals surface area (Å²) in [6.45, 7) is 4.44. The normalized spacial score (nSPS) is 10.4. The van der Waals surface area contributed by atoms with Crippen LogP contribution in [0, 0.1) is 13.8 Å². The molecule has 0 fully saturated rings. The fourth-order valence-corrected chi connectivity index (χ4v) is 2.94. The lowest BCUT2D eigenvalue weighted by atomic mass is 10.1. The molecule has 3 rings (SSSR count). The van der Waals surface area contributed by atoms with E-state index in [2.05, 4.69) is 20.6 Å². The number of carbonyl (C=O) groups excluding carboxylic acids is 1. The zero-order valence-corrected chi connectivity index (χ0v) is 16.7. The molecule has 0 aliphatic rings. The number of amides is 1. The second-order valence-electron chi connectivity index (χ2n) is 6.30. The van der Waals surface area contributed by atoms with Gasteiger partial charge in [-0.05, 0) is 49.2 Å². The number of methoxy groups -OCH3 is 1. The van der Waals surface area contributed by atoms with Gasteiger partial charge in [-0.2, -0.15) is 0 Å². The van der Waals surface area contributed by atoms with Crippen LogP contribution in [-0.2, 0) is 6.54 Å². The first-order valence-corrected chi connectivity index (χ1v) is 9.13. The average Bonchev–Trinajstić information content (AvgIpc) is 2.67. The Hall–Kier alpha value is -3.12.